The van der Waals surface area contributed by atoms with Gasteiger partial charge in [-0.2, -0.15) is 4.31 Å². The van der Waals surface area contributed by atoms with Gasteiger partial charge < -0.3 is 9.64 Å². The third kappa shape index (κ3) is 4.31. The fraction of sp³-hybridized carbons (Fsp3) is 0.368. The Labute approximate surface area is 160 Å². The summed E-state index contributed by atoms with van der Waals surface area (Å²) in [6.45, 7) is 6.02. The van der Waals surface area contributed by atoms with Crippen LogP contribution in [0.4, 0.5) is 5.69 Å². The van der Waals surface area contributed by atoms with E-state index in [1.165, 1.54) is 4.31 Å². The molecule has 140 valence electrons. The summed E-state index contributed by atoms with van der Waals surface area (Å²) in [5.41, 5.74) is 1.02. The van der Waals surface area contributed by atoms with Crippen molar-refractivity contribution in [3.05, 3.63) is 53.6 Å². The van der Waals surface area contributed by atoms with E-state index in [2.05, 4.69) is 4.90 Å². The molecule has 1 fully saturated rings. The molecule has 0 atom stereocenters. The van der Waals surface area contributed by atoms with Crippen LogP contribution >= 0.6 is 11.6 Å². The summed E-state index contributed by atoms with van der Waals surface area (Å²) >= 11 is 6.05. The number of halogens is 1. The minimum Gasteiger partial charge on any atom is -0.491 e. The standard InChI is InChI=1S/C19H23ClN2O3S/c1-15(2)25-18-6-8-19(9-7-18)26(23,24)22-12-10-21(11-13-22)17-5-3-4-16(20)14-17/h3-9,14-15H,10-13H2,1-2H3. The molecule has 0 bridgehead atoms. The van der Waals surface area contributed by atoms with Crippen LogP contribution in [-0.4, -0.2) is 45.0 Å². The number of hydrogen-bond donors (Lipinski definition) is 0. The Bertz CT molecular complexity index is 845. The number of hydrogen-bond acceptors (Lipinski definition) is 4. The third-order valence-electron chi connectivity index (χ3n) is 4.25. The van der Waals surface area contributed by atoms with Gasteiger partial charge in [0.1, 0.15) is 5.75 Å². The average Bonchev–Trinajstić information content (AvgIpc) is 2.62. The van der Waals surface area contributed by atoms with E-state index in [4.69, 9.17) is 16.3 Å². The van der Waals surface area contributed by atoms with Crippen molar-refractivity contribution in [1.29, 1.82) is 0 Å². The quantitative estimate of drug-likeness (QED) is 0.776. The molecule has 3 rings (SSSR count). The summed E-state index contributed by atoms with van der Waals surface area (Å²) in [6.07, 6.45) is 0.0528. The summed E-state index contributed by atoms with van der Waals surface area (Å²) in [6, 6.07) is 14.2. The maximum Gasteiger partial charge on any atom is 0.243 e. The zero-order chi connectivity index (χ0) is 18.7. The normalized spacial score (nSPS) is 16.1. The predicted octanol–water partition coefficient (Wildman–Crippen LogP) is 3.64. The fourth-order valence-electron chi connectivity index (χ4n) is 2.97. The highest BCUT2D eigenvalue weighted by molar-refractivity contribution is 7.89. The van der Waals surface area contributed by atoms with Crippen LogP contribution in [0.3, 0.4) is 0 Å². The molecule has 2 aromatic carbocycles. The van der Waals surface area contributed by atoms with Gasteiger partial charge in [-0.25, -0.2) is 8.42 Å². The van der Waals surface area contributed by atoms with Crippen LogP contribution < -0.4 is 9.64 Å². The fourth-order valence-corrected chi connectivity index (χ4v) is 4.58. The molecule has 7 heteroatoms. The molecular formula is C19H23ClN2O3S. The first kappa shape index (κ1) is 19.0. The molecular weight excluding hydrogens is 372 g/mol. The molecule has 0 N–H and O–H groups in total. The zero-order valence-electron chi connectivity index (χ0n) is 14.9. The van der Waals surface area contributed by atoms with Crippen molar-refractivity contribution >= 4 is 27.3 Å². The van der Waals surface area contributed by atoms with Crippen molar-refractivity contribution in [2.24, 2.45) is 0 Å². The zero-order valence-corrected chi connectivity index (χ0v) is 16.5. The Hall–Kier alpha value is -1.76. The monoisotopic (exact) mass is 394 g/mol. The van der Waals surface area contributed by atoms with Crippen molar-refractivity contribution in [2.75, 3.05) is 31.1 Å². The van der Waals surface area contributed by atoms with Crippen molar-refractivity contribution in [3.63, 3.8) is 0 Å². The van der Waals surface area contributed by atoms with Crippen LogP contribution in [0.15, 0.2) is 53.4 Å². The molecule has 0 radical (unpaired) electrons. The van der Waals surface area contributed by atoms with E-state index in [1.54, 1.807) is 24.3 Å². The smallest absolute Gasteiger partial charge is 0.243 e. The Kier molecular flexibility index (Phi) is 5.75. The van der Waals surface area contributed by atoms with Gasteiger partial charge in [-0.1, -0.05) is 17.7 Å². The molecule has 0 spiro atoms. The minimum absolute atomic E-state index is 0.0528. The summed E-state index contributed by atoms with van der Waals surface area (Å²) in [5.74, 6) is 0.671. The molecule has 1 aliphatic rings. The summed E-state index contributed by atoms with van der Waals surface area (Å²) in [4.78, 5) is 2.45. The molecule has 1 heterocycles. The van der Waals surface area contributed by atoms with Crippen LogP contribution in [0.25, 0.3) is 0 Å². The number of sulfonamides is 1. The van der Waals surface area contributed by atoms with Gasteiger partial charge in [0, 0.05) is 36.9 Å². The Morgan fingerprint density at radius 1 is 1.00 bits per heavy atom. The molecule has 1 saturated heterocycles. The molecule has 0 saturated carbocycles. The number of ether oxygens (including phenoxy) is 1. The van der Waals surface area contributed by atoms with Gasteiger partial charge >= 0.3 is 0 Å². The van der Waals surface area contributed by atoms with Gasteiger partial charge in [0.05, 0.1) is 11.0 Å². The molecule has 1 aliphatic heterocycles. The van der Waals surface area contributed by atoms with Crippen LogP contribution in [0.2, 0.25) is 5.02 Å². The molecule has 0 aliphatic carbocycles. The van der Waals surface area contributed by atoms with E-state index < -0.39 is 10.0 Å². The molecule has 5 nitrogen and oxygen atoms in total. The Balaban J connectivity index is 1.68. The maximum absolute atomic E-state index is 12.9. The van der Waals surface area contributed by atoms with Gasteiger partial charge in [-0.05, 0) is 56.3 Å². The second kappa shape index (κ2) is 7.86. The van der Waals surface area contributed by atoms with Crippen LogP contribution in [0.1, 0.15) is 13.8 Å². The van der Waals surface area contributed by atoms with E-state index in [0.717, 1.165) is 5.69 Å². The molecule has 0 amide bonds. The van der Waals surface area contributed by atoms with Crippen LogP contribution in [0.5, 0.6) is 5.75 Å². The highest BCUT2D eigenvalue weighted by atomic mass is 35.5. The second-order valence-corrected chi connectivity index (χ2v) is 8.88. The first-order valence-corrected chi connectivity index (χ1v) is 10.5. The van der Waals surface area contributed by atoms with E-state index in [-0.39, 0.29) is 6.10 Å². The van der Waals surface area contributed by atoms with Gasteiger partial charge in [0.25, 0.3) is 0 Å². The molecule has 0 aromatic heterocycles. The van der Waals surface area contributed by atoms with Crippen molar-refractivity contribution < 1.29 is 13.2 Å². The first-order chi connectivity index (χ1) is 12.4. The third-order valence-corrected chi connectivity index (χ3v) is 6.39. The Morgan fingerprint density at radius 3 is 2.23 bits per heavy atom. The number of piperazine rings is 1. The maximum atomic E-state index is 12.9. The number of rotatable bonds is 5. The predicted molar refractivity (Wildman–Crippen MR) is 105 cm³/mol. The van der Waals surface area contributed by atoms with E-state index in [0.29, 0.717) is 41.8 Å². The van der Waals surface area contributed by atoms with Crippen LogP contribution in [0, 0.1) is 0 Å². The van der Waals surface area contributed by atoms with E-state index in [9.17, 15) is 8.42 Å². The van der Waals surface area contributed by atoms with Crippen molar-refractivity contribution in [2.45, 2.75) is 24.8 Å². The summed E-state index contributed by atoms with van der Waals surface area (Å²) < 4.78 is 32.8. The highest BCUT2D eigenvalue weighted by Crippen LogP contribution is 2.24. The molecule has 26 heavy (non-hydrogen) atoms. The second-order valence-electron chi connectivity index (χ2n) is 6.51. The first-order valence-electron chi connectivity index (χ1n) is 8.63. The van der Waals surface area contributed by atoms with Gasteiger partial charge in [-0.3, -0.25) is 0 Å². The number of benzene rings is 2. The lowest BCUT2D eigenvalue weighted by atomic mass is 10.2. The lowest BCUT2D eigenvalue weighted by molar-refractivity contribution is 0.242. The number of anilines is 1. The molecule has 0 unspecified atom stereocenters. The van der Waals surface area contributed by atoms with Crippen LogP contribution in [-0.2, 0) is 10.0 Å². The topological polar surface area (TPSA) is 49.9 Å². The van der Waals surface area contributed by atoms with E-state index >= 15 is 0 Å². The largest absolute Gasteiger partial charge is 0.491 e. The molecule has 2 aromatic rings. The lowest BCUT2D eigenvalue weighted by Crippen LogP contribution is -2.48. The van der Waals surface area contributed by atoms with Gasteiger partial charge in [0.15, 0.2) is 0 Å². The Morgan fingerprint density at radius 2 is 1.65 bits per heavy atom. The summed E-state index contributed by atoms with van der Waals surface area (Å²) in [7, 11) is -3.50. The minimum atomic E-state index is -3.50. The van der Waals surface area contributed by atoms with Gasteiger partial charge in [-0.15, -0.1) is 0 Å². The van der Waals surface area contributed by atoms with E-state index in [1.807, 2.05) is 38.1 Å². The average molecular weight is 395 g/mol. The highest BCUT2D eigenvalue weighted by Gasteiger charge is 2.28. The van der Waals surface area contributed by atoms with Crippen molar-refractivity contribution in [1.82, 2.24) is 4.31 Å². The number of nitrogens with zero attached hydrogens (tertiary/aromatic N) is 2. The van der Waals surface area contributed by atoms with Crippen molar-refractivity contribution in [3.8, 4) is 5.75 Å². The van der Waals surface area contributed by atoms with Gasteiger partial charge in [0.2, 0.25) is 10.0 Å². The lowest BCUT2D eigenvalue weighted by Gasteiger charge is -2.35. The SMILES string of the molecule is CC(C)Oc1ccc(S(=O)(=O)N2CCN(c3cccc(Cl)c3)CC2)cc1. The summed E-state index contributed by atoms with van der Waals surface area (Å²) in [5, 5.41) is 0.682.